The van der Waals surface area contributed by atoms with E-state index < -0.39 is 5.91 Å². The molecule has 124 valence electrons. The van der Waals surface area contributed by atoms with Gasteiger partial charge in [-0.25, -0.2) is 9.50 Å². The van der Waals surface area contributed by atoms with Crippen molar-refractivity contribution in [1.29, 1.82) is 0 Å². The van der Waals surface area contributed by atoms with E-state index in [0.717, 1.165) is 16.8 Å². The molecule has 5 nitrogen and oxygen atoms in total. The lowest BCUT2D eigenvalue weighted by atomic mass is 10.1. The largest absolute Gasteiger partial charge is 0.365 e. The summed E-state index contributed by atoms with van der Waals surface area (Å²) in [5.41, 5.74) is 9.44. The van der Waals surface area contributed by atoms with Crippen molar-refractivity contribution in [3.63, 3.8) is 0 Å². The van der Waals surface area contributed by atoms with Gasteiger partial charge in [-0.05, 0) is 25.1 Å². The average molecular weight is 369 g/mol. The molecular weight excluding hydrogens is 356 g/mol. The molecule has 0 atom stereocenters. The van der Waals surface area contributed by atoms with Crippen LogP contribution in [0.15, 0.2) is 48.7 Å². The Kier molecular flexibility index (Phi) is 3.78. The van der Waals surface area contributed by atoms with Gasteiger partial charge in [-0.15, -0.1) is 11.3 Å². The van der Waals surface area contributed by atoms with Gasteiger partial charge in [0.15, 0.2) is 0 Å². The van der Waals surface area contributed by atoms with E-state index in [0.29, 0.717) is 26.2 Å². The van der Waals surface area contributed by atoms with Crippen molar-refractivity contribution in [2.24, 2.45) is 5.73 Å². The lowest BCUT2D eigenvalue weighted by Crippen LogP contribution is -2.10. The normalized spacial score (nSPS) is 11.1. The van der Waals surface area contributed by atoms with E-state index in [1.165, 1.54) is 11.3 Å². The number of rotatable bonds is 3. The molecule has 1 amide bonds. The zero-order valence-electron chi connectivity index (χ0n) is 13.2. The Morgan fingerprint density at radius 3 is 2.72 bits per heavy atom. The van der Waals surface area contributed by atoms with Crippen molar-refractivity contribution in [2.45, 2.75) is 6.92 Å². The van der Waals surface area contributed by atoms with Crippen molar-refractivity contribution in [3.8, 4) is 21.8 Å². The van der Waals surface area contributed by atoms with Crippen LogP contribution in [-0.4, -0.2) is 20.5 Å². The third-order valence-corrected chi connectivity index (χ3v) is 5.33. The number of halogens is 1. The van der Waals surface area contributed by atoms with E-state index in [1.54, 1.807) is 10.6 Å². The summed E-state index contributed by atoms with van der Waals surface area (Å²) in [4.78, 5) is 17.0. The molecule has 4 aromatic rings. The molecule has 1 aromatic carbocycles. The van der Waals surface area contributed by atoms with E-state index in [9.17, 15) is 4.79 Å². The Bertz CT molecular complexity index is 1120. The van der Waals surface area contributed by atoms with Gasteiger partial charge in [-0.2, -0.15) is 5.10 Å². The molecule has 3 aromatic heterocycles. The molecule has 25 heavy (non-hydrogen) atoms. The van der Waals surface area contributed by atoms with Crippen LogP contribution in [0, 0.1) is 6.92 Å². The van der Waals surface area contributed by atoms with Crippen LogP contribution < -0.4 is 5.73 Å². The summed E-state index contributed by atoms with van der Waals surface area (Å²) in [7, 11) is 0. The fourth-order valence-corrected chi connectivity index (χ4v) is 4.07. The number of aryl methyl sites for hydroxylation is 1. The second kappa shape index (κ2) is 5.98. The van der Waals surface area contributed by atoms with Crippen LogP contribution in [0.25, 0.3) is 27.3 Å². The van der Waals surface area contributed by atoms with Crippen molar-refractivity contribution in [2.75, 3.05) is 0 Å². The van der Waals surface area contributed by atoms with Gasteiger partial charge in [0.25, 0.3) is 5.91 Å². The standard InChI is InChI=1S/C18H13ClN4OS/c1-10-14(13-8-4-5-9-23(13)22-10)18-21-15(16(25-18)17(20)24)11-6-2-3-7-12(11)19/h2-9H,1H3,(H2,20,24). The van der Waals surface area contributed by atoms with Crippen LogP contribution in [0.1, 0.15) is 15.4 Å². The number of nitrogens with zero attached hydrogens (tertiary/aromatic N) is 3. The van der Waals surface area contributed by atoms with Crippen molar-refractivity contribution in [1.82, 2.24) is 14.6 Å². The number of benzene rings is 1. The topological polar surface area (TPSA) is 73.3 Å². The van der Waals surface area contributed by atoms with Crippen molar-refractivity contribution < 1.29 is 4.79 Å². The highest BCUT2D eigenvalue weighted by molar-refractivity contribution is 7.17. The number of amides is 1. The predicted molar refractivity (Wildman–Crippen MR) is 100 cm³/mol. The summed E-state index contributed by atoms with van der Waals surface area (Å²) in [5.74, 6) is -0.521. The molecule has 0 fully saturated rings. The van der Waals surface area contributed by atoms with E-state index in [-0.39, 0.29) is 0 Å². The molecule has 0 radical (unpaired) electrons. The summed E-state index contributed by atoms with van der Waals surface area (Å²) >= 11 is 7.55. The third kappa shape index (κ3) is 2.59. The first kappa shape index (κ1) is 15.8. The number of fused-ring (bicyclic) bond motifs is 1. The molecule has 0 aliphatic carbocycles. The predicted octanol–water partition coefficient (Wildman–Crippen LogP) is 4.19. The molecule has 3 heterocycles. The van der Waals surface area contributed by atoms with E-state index >= 15 is 0 Å². The number of thiazole rings is 1. The summed E-state index contributed by atoms with van der Waals surface area (Å²) < 4.78 is 1.80. The van der Waals surface area contributed by atoms with Crippen LogP contribution in [0.3, 0.4) is 0 Å². The van der Waals surface area contributed by atoms with Gasteiger partial charge in [0.1, 0.15) is 9.88 Å². The maximum atomic E-state index is 12.0. The third-order valence-electron chi connectivity index (χ3n) is 3.91. The molecule has 0 saturated heterocycles. The van der Waals surface area contributed by atoms with E-state index in [4.69, 9.17) is 22.3 Å². The SMILES string of the molecule is Cc1nn2ccccc2c1-c1nc(-c2ccccc2Cl)c(C(N)=O)s1. The first-order valence-electron chi connectivity index (χ1n) is 7.56. The van der Waals surface area contributed by atoms with Crippen LogP contribution in [0.2, 0.25) is 5.02 Å². The molecular formula is C18H13ClN4OS. The minimum absolute atomic E-state index is 0.387. The molecule has 0 spiro atoms. The zero-order valence-corrected chi connectivity index (χ0v) is 14.8. The van der Waals surface area contributed by atoms with Gasteiger partial charge in [0.2, 0.25) is 0 Å². The lowest BCUT2D eigenvalue weighted by Gasteiger charge is -2.01. The van der Waals surface area contributed by atoms with Gasteiger partial charge >= 0.3 is 0 Å². The smallest absolute Gasteiger partial charge is 0.261 e. The fraction of sp³-hybridized carbons (Fsp3) is 0.0556. The summed E-state index contributed by atoms with van der Waals surface area (Å²) in [5, 5.41) is 5.73. The maximum absolute atomic E-state index is 12.0. The Hall–Kier alpha value is -2.70. The second-order valence-corrected chi connectivity index (χ2v) is 6.94. The maximum Gasteiger partial charge on any atom is 0.261 e. The number of carbonyl (C=O) groups is 1. The van der Waals surface area contributed by atoms with Gasteiger partial charge in [-0.3, -0.25) is 4.79 Å². The molecule has 0 saturated carbocycles. The molecule has 2 N–H and O–H groups in total. The highest BCUT2D eigenvalue weighted by atomic mass is 35.5. The van der Waals surface area contributed by atoms with Crippen LogP contribution in [0.4, 0.5) is 0 Å². The number of primary amides is 1. The van der Waals surface area contributed by atoms with Crippen LogP contribution in [0.5, 0.6) is 0 Å². The Morgan fingerprint density at radius 1 is 1.20 bits per heavy atom. The highest BCUT2D eigenvalue weighted by Crippen LogP contribution is 2.38. The number of carbonyl (C=O) groups excluding carboxylic acids is 1. The number of pyridine rings is 1. The molecule has 4 rings (SSSR count). The van der Waals surface area contributed by atoms with Gasteiger partial charge in [0.05, 0.1) is 27.5 Å². The molecule has 0 aliphatic heterocycles. The minimum Gasteiger partial charge on any atom is -0.365 e. The number of nitrogens with two attached hydrogens (primary N) is 1. The number of hydrogen-bond acceptors (Lipinski definition) is 4. The zero-order chi connectivity index (χ0) is 17.6. The molecule has 0 bridgehead atoms. The molecule has 7 heteroatoms. The summed E-state index contributed by atoms with van der Waals surface area (Å²) in [6.07, 6.45) is 1.88. The van der Waals surface area contributed by atoms with Crippen LogP contribution >= 0.6 is 22.9 Å². The van der Waals surface area contributed by atoms with Crippen LogP contribution in [-0.2, 0) is 0 Å². The highest BCUT2D eigenvalue weighted by Gasteiger charge is 2.22. The average Bonchev–Trinajstić information content (AvgIpc) is 3.15. The first-order chi connectivity index (χ1) is 12.1. The Morgan fingerprint density at radius 2 is 1.96 bits per heavy atom. The van der Waals surface area contributed by atoms with E-state index in [1.807, 2.05) is 49.5 Å². The lowest BCUT2D eigenvalue weighted by molar-refractivity contribution is 0.100. The van der Waals surface area contributed by atoms with E-state index in [2.05, 4.69) is 5.10 Å². The van der Waals surface area contributed by atoms with Crippen molar-refractivity contribution in [3.05, 3.63) is 64.3 Å². The summed E-state index contributed by atoms with van der Waals surface area (Å²) in [6.45, 7) is 1.92. The minimum atomic E-state index is -0.521. The quantitative estimate of drug-likeness (QED) is 0.589. The van der Waals surface area contributed by atoms with Gasteiger partial charge < -0.3 is 5.73 Å². The first-order valence-corrected chi connectivity index (χ1v) is 8.75. The summed E-state index contributed by atoms with van der Waals surface area (Å²) in [6, 6.07) is 13.1. The molecule has 0 unspecified atom stereocenters. The molecule has 0 aliphatic rings. The second-order valence-electron chi connectivity index (χ2n) is 5.53. The monoisotopic (exact) mass is 368 g/mol. The fourth-order valence-electron chi connectivity index (χ4n) is 2.81. The Balaban J connectivity index is 1.98. The van der Waals surface area contributed by atoms with Gasteiger partial charge in [0, 0.05) is 11.8 Å². The van der Waals surface area contributed by atoms with Crippen molar-refractivity contribution >= 4 is 34.4 Å². The number of hydrogen-bond donors (Lipinski definition) is 1. The number of aromatic nitrogens is 3. The van der Waals surface area contributed by atoms with Gasteiger partial charge in [-0.1, -0.05) is 35.9 Å². The Labute approximate surface area is 152 Å².